The fourth-order valence-corrected chi connectivity index (χ4v) is 3.58. The molecule has 1 aromatic carbocycles. The van der Waals surface area contributed by atoms with Gasteiger partial charge in [-0.3, -0.25) is 0 Å². The molecule has 2 aromatic heterocycles. The quantitative estimate of drug-likeness (QED) is 0.704. The Bertz CT molecular complexity index is 968. The molecule has 1 N–H and O–H groups in total. The maximum absolute atomic E-state index is 13.1. The van der Waals surface area contributed by atoms with Crippen LogP contribution in [-0.2, 0) is 16.3 Å². The van der Waals surface area contributed by atoms with Gasteiger partial charge in [0.15, 0.2) is 5.65 Å². The second-order valence-corrected chi connectivity index (χ2v) is 7.20. The maximum Gasteiger partial charge on any atom is 0.453 e. The number of alkyl halides is 3. The molecule has 1 aliphatic heterocycles. The second kappa shape index (κ2) is 7.21. The molecule has 0 amide bonds. The van der Waals surface area contributed by atoms with Crippen LogP contribution in [0.2, 0.25) is 5.02 Å². The van der Waals surface area contributed by atoms with E-state index in [4.69, 9.17) is 16.3 Å². The van der Waals surface area contributed by atoms with Gasteiger partial charge in [0, 0.05) is 30.2 Å². The van der Waals surface area contributed by atoms with Crippen molar-refractivity contribution in [1.82, 2.24) is 19.8 Å². The van der Waals surface area contributed by atoms with E-state index in [-0.39, 0.29) is 11.1 Å². The van der Waals surface area contributed by atoms with Crippen LogP contribution in [0.4, 0.5) is 19.0 Å². The van der Waals surface area contributed by atoms with Crippen molar-refractivity contribution in [2.75, 3.05) is 25.1 Å². The molecule has 0 spiro atoms. The molecule has 0 saturated carbocycles. The molecule has 148 valence electrons. The van der Waals surface area contributed by atoms with Gasteiger partial charge in [0.05, 0.1) is 0 Å². The number of nitrogens with zero attached hydrogens (tertiary/aromatic N) is 4. The first kappa shape index (κ1) is 18.9. The molecular formula is C18H17ClF3N5O. The van der Waals surface area contributed by atoms with Crippen molar-refractivity contribution >= 4 is 23.1 Å². The fraction of sp³-hybridized carbons (Fsp3) is 0.389. The van der Waals surface area contributed by atoms with Gasteiger partial charge in [-0.05, 0) is 42.7 Å². The van der Waals surface area contributed by atoms with Gasteiger partial charge in [-0.25, -0.2) is 0 Å². The summed E-state index contributed by atoms with van der Waals surface area (Å²) < 4.78 is 45.4. The number of benzene rings is 1. The lowest BCUT2D eigenvalue weighted by Gasteiger charge is -2.38. The van der Waals surface area contributed by atoms with E-state index >= 15 is 0 Å². The fourth-order valence-electron chi connectivity index (χ4n) is 3.45. The van der Waals surface area contributed by atoms with Crippen LogP contribution in [0.15, 0.2) is 36.4 Å². The molecule has 3 heterocycles. The molecule has 3 aromatic rings. The summed E-state index contributed by atoms with van der Waals surface area (Å²) >= 11 is 6.01. The van der Waals surface area contributed by atoms with Crippen molar-refractivity contribution < 1.29 is 17.9 Å². The molecule has 1 saturated heterocycles. The van der Waals surface area contributed by atoms with Gasteiger partial charge in [-0.2, -0.15) is 17.7 Å². The number of aromatic nitrogens is 4. The number of ether oxygens (including phenoxy) is 1. The zero-order chi connectivity index (χ0) is 19.8. The van der Waals surface area contributed by atoms with Crippen LogP contribution >= 0.6 is 11.6 Å². The summed E-state index contributed by atoms with van der Waals surface area (Å²) in [5.41, 5.74) is 0.921. The Balaban J connectivity index is 1.61. The Hall–Kier alpha value is -2.39. The highest BCUT2D eigenvalue weighted by atomic mass is 35.5. The lowest BCUT2D eigenvalue weighted by molar-refractivity contribution is -0.146. The van der Waals surface area contributed by atoms with Crippen LogP contribution in [0, 0.1) is 0 Å². The number of nitrogens with one attached hydrogen (secondary N) is 1. The van der Waals surface area contributed by atoms with Crippen molar-refractivity contribution in [3.05, 3.63) is 52.8 Å². The second-order valence-electron chi connectivity index (χ2n) is 6.76. The first-order chi connectivity index (χ1) is 13.4. The van der Waals surface area contributed by atoms with Crippen molar-refractivity contribution in [1.29, 1.82) is 0 Å². The number of fused-ring (bicyclic) bond motifs is 1. The minimum atomic E-state index is -4.63. The molecule has 0 aliphatic carbocycles. The average molecular weight is 412 g/mol. The van der Waals surface area contributed by atoms with E-state index in [0.29, 0.717) is 35.1 Å². The summed E-state index contributed by atoms with van der Waals surface area (Å²) in [6.45, 7) is 1.72. The van der Waals surface area contributed by atoms with Crippen LogP contribution in [-0.4, -0.2) is 39.6 Å². The Morgan fingerprint density at radius 2 is 1.79 bits per heavy atom. The first-order valence-electron chi connectivity index (χ1n) is 8.75. The van der Waals surface area contributed by atoms with Gasteiger partial charge in [0.1, 0.15) is 5.82 Å². The molecule has 10 heteroatoms. The van der Waals surface area contributed by atoms with Gasteiger partial charge in [-0.1, -0.05) is 23.7 Å². The molecule has 28 heavy (non-hydrogen) atoms. The summed E-state index contributed by atoms with van der Waals surface area (Å²) in [5, 5.41) is 14.6. The smallest absolute Gasteiger partial charge is 0.381 e. The van der Waals surface area contributed by atoms with Crippen LogP contribution in [0.1, 0.15) is 24.2 Å². The Labute approximate surface area is 163 Å². The largest absolute Gasteiger partial charge is 0.453 e. The molecule has 1 fully saturated rings. The van der Waals surface area contributed by atoms with E-state index in [0.717, 1.165) is 18.4 Å². The van der Waals surface area contributed by atoms with E-state index in [1.165, 1.54) is 6.07 Å². The number of hydrogen-bond acceptors (Lipinski definition) is 5. The first-order valence-corrected chi connectivity index (χ1v) is 9.13. The van der Waals surface area contributed by atoms with Crippen molar-refractivity contribution in [3.8, 4) is 0 Å². The Morgan fingerprint density at radius 3 is 2.46 bits per heavy atom. The monoisotopic (exact) mass is 411 g/mol. The highest BCUT2D eigenvalue weighted by molar-refractivity contribution is 6.30. The molecular weight excluding hydrogens is 395 g/mol. The number of hydrogen-bond donors (Lipinski definition) is 1. The summed E-state index contributed by atoms with van der Waals surface area (Å²) in [5.74, 6) is -0.831. The summed E-state index contributed by atoms with van der Waals surface area (Å²) in [6.07, 6.45) is -3.06. The molecule has 0 unspecified atom stereocenters. The SMILES string of the molecule is FC(F)(F)c1nnc2ccc(NCC3(c4ccc(Cl)cc4)CCOCC3)nn12. The zero-order valence-corrected chi connectivity index (χ0v) is 15.5. The predicted octanol–water partition coefficient (Wildman–Crippen LogP) is 3.96. The number of anilines is 1. The number of halogens is 4. The molecule has 0 radical (unpaired) electrons. The van der Waals surface area contributed by atoms with E-state index in [2.05, 4.69) is 20.6 Å². The molecule has 6 nitrogen and oxygen atoms in total. The normalized spacial score (nSPS) is 17.0. The predicted molar refractivity (Wildman–Crippen MR) is 97.5 cm³/mol. The molecule has 0 bridgehead atoms. The van der Waals surface area contributed by atoms with Gasteiger partial charge >= 0.3 is 6.18 Å². The van der Waals surface area contributed by atoms with Crippen LogP contribution in [0.25, 0.3) is 5.65 Å². The number of rotatable bonds is 4. The van der Waals surface area contributed by atoms with Gasteiger partial charge in [0.2, 0.25) is 0 Å². The lowest BCUT2D eigenvalue weighted by atomic mass is 9.74. The van der Waals surface area contributed by atoms with Crippen molar-refractivity contribution in [2.24, 2.45) is 0 Å². The molecule has 4 rings (SSSR count). The van der Waals surface area contributed by atoms with Crippen molar-refractivity contribution in [3.63, 3.8) is 0 Å². The summed E-state index contributed by atoms with van der Waals surface area (Å²) in [7, 11) is 0. The van der Waals surface area contributed by atoms with E-state index in [9.17, 15) is 13.2 Å². The molecule has 0 atom stereocenters. The van der Waals surface area contributed by atoms with E-state index in [1.54, 1.807) is 6.07 Å². The maximum atomic E-state index is 13.1. The minimum Gasteiger partial charge on any atom is -0.381 e. The molecule has 1 aliphatic rings. The third kappa shape index (κ3) is 3.64. The summed E-state index contributed by atoms with van der Waals surface area (Å²) in [6, 6.07) is 10.7. The highest BCUT2D eigenvalue weighted by Gasteiger charge is 2.38. The van der Waals surface area contributed by atoms with Crippen LogP contribution < -0.4 is 5.32 Å². The third-order valence-electron chi connectivity index (χ3n) is 5.03. The van der Waals surface area contributed by atoms with Crippen LogP contribution in [0.5, 0.6) is 0 Å². The van der Waals surface area contributed by atoms with Gasteiger partial charge in [0.25, 0.3) is 5.82 Å². The summed E-state index contributed by atoms with van der Waals surface area (Å²) in [4.78, 5) is 0. The third-order valence-corrected chi connectivity index (χ3v) is 5.28. The average Bonchev–Trinajstić information content (AvgIpc) is 3.11. The Morgan fingerprint density at radius 1 is 1.07 bits per heavy atom. The lowest BCUT2D eigenvalue weighted by Crippen LogP contribution is -2.40. The highest BCUT2D eigenvalue weighted by Crippen LogP contribution is 2.36. The zero-order valence-electron chi connectivity index (χ0n) is 14.7. The van der Waals surface area contributed by atoms with Gasteiger partial charge in [-0.15, -0.1) is 15.3 Å². The van der Waals surface area contributed by atoms with Crippen LogP contribution in [0.3, 0.4) is 0 Å². The van der Waals surface area contributed by atoms with Crippen molar-refractivity contribution in [2.45, 2.75) is 24.4 Å². The standard InChI is InChI=1S/C18H17ClF3N5O/c19-13-3-1-12(2-4-13)17(7-9-28-10-8-17)11-23-14-5-6-15-24-25-16(18(20,21)22)27(15)26-14/h1-6H,7-11H2,(H,23,26). The topological polar surface area (TPSA) is 64.3 Å². The van der Waals surface area contributed by atoms with E-state index < -0.39 is 12.0 Å². The Kier molecular flexibility index (Phi) is 4.88. The minimum absolute atomic E-state index is 0.0383. The van der Waals surface area contributed by atoms with E-state index in [1.807, 2.05) is 24.3 Å². The van der Waals surface area contributed by atoms with Gasteiger partial charge < -0.3 is 10.1 Å².